The van der Waals surface area contributed by atoms with Gasteiger partial charge < -0.3 is 19.6 Å². The van der Waals surface area contributed by atoms with Gasteiger partial charge in [0.15, 0.2) is 0 Å². The number of imidazole rings is 1. The van der Waals surface area contributed by atoms with Crippen LogP contribution in [0.4, 0.5) is 0 Å². The van der Waals surface area contributed by atoms with Crippen LogP contribution in [0.15, 0.2) is 42.9 Å². The van der Waals surface area contributed by atoms with Gasteiger partial charge in [-0.2, -0.15) is 0 Å². The molecule has 1 fully saturated rings. The molecular weight excluding hydrogens is 390 g/mol. The summed E-state index contributed by atoms with van der Waals surface area (Å²) >= 11 is 0. The van der Waals surface area contributed by atoms with Gasteiger partial charge in [-0.25, -0.2) is 9.97 Å². The number of carbonyl (C=O) groups excluding carboxylic acids is 1. The predicted octanol–water partition coefficient (Wildman–Crippen LogP) is 3.08. The lowest BCUT2D eigenvalue weighted by atomic mass is 9.92. The van der Waals surface area contributed by atoms with Crippen LogP contribution in [0.3, 0.4) is 0 Å². The topological polar surface area (TPSA) is 85.0 Å². The molecule has 0 radical (unpaired) electrons. The van der Waals surface area contributed by atoms with Crippen molar-refractivity contribution in [1.29, 1.82) is 0 Å². The number of hydrogen-bond acceptors (Lipinski definition) is 4. The molecule has 0 bridgehead atoms. The van der Waals surface area contributed by atoms with E-state index in [-0.39, 0.29) is 11.9 Å². The molecule has 1 aliphatic carbocycles. The average molecular weight is 418 g/mol. The van der Waals surface area contributed by atoms with Gasteiger partial charge in [-0.1, -0.05) is 25.0 Å². The second-order valence-electron chi connectivity index (χ2n) is 8.58. The van der Waals surface area contributed by atoms with Crippen molar-refractivity contribution >= 4 is 28.0 Å². The lowest BCUT2D eigenvalue weighted by Gasteiger charge is -2.28. The van der Waals surface area contributed by atoms with Gasteiger partial charge in [-0.15, -0.1) is 0 Å². The minimum absolute atomic E-state index is 0.210. The minimum atomic E-state index is -0.488. The standard InChI is InChI=1S/C24H27N5O2/c1-28-11-10-17-16(12-15-6-5-8-20-22(15)25-14-29(20)2)13-19(26-23(17)28)24(31)27-18-7-3-4-9-21(18)30/h5-6,8,10-11,13-14,18,21,30H,3-4,7,9,12H2,1-2H3,(H,27,31)/t18-,21-/m0/s1. The first-order valence-corrected chi connectivity index (χ1v) is 10.8. The molecule has 0 saturated heterocycles. The van der Waals surface area contributed by atoms with E-state index in [1.54, 1.807) is 0 Å². The Hall–Kier alpha value is -3.19. The zero-order valence-corrected chi connectivity index (χ0v) is 17.9. The van der Waals surface area contributed by atoms with Gasteiger partial charge in [0.2, 0.25) is 0 Å². The molecule has 3 heterocycles. The van der Waals surface area contributed by atoms with Gasteiger partial charge in [0, 0.05) is 32.1 Å². The van der Waals surface area contributed by atoms with Crippen molar-refractivity contribution in [1.82, 2.24) is 24.4 Å². The Morgan fingerprint density at radius 1 is 1.16 bits per heavy atom. The van der Waals surface area contributed by atoms with Crippen LogP contribution in [0.1, 0.15) is 47.3 Å². The van der Waals surface area contributed by atoms with Gasteiger partial charge in [0.1, 0.15) is 11.3 Å². The molecule has 3 aromatic heterocycles. The summed E-state index contributed by atoms with van der Waals surface area (Å²) in [4.78, 5) is 22.3. The number of fused-ring (bicyclic) bond motifs is 2. The van der Waals surface area contributed by atoms with Gasteiger partial charge in [0.25, 0.3) is 5.91 Å². The number of aliphatic hydroxyl groups excluding tert-OH is 1. The second-order valence-corrected chi connectivity index (χ2v) is 8.58. The predicted molar refractivity (Wildman–Crippen MR) is 120 cm³/mol. The van der Waals surface area contributed by atoms with Crippen molar-refractivity contribution in [2.24, 2.45) is 14.1 Å². The Bertz CT molecular complexity index is 1270. The normalized spacial score (nSPS) is 19.2. The van der Waals surface area contributed by atoms with E-state index in [0.717, 1.165) is 58.9 Å². The Balaban J connectivity index is 1.52. The quantitative estimate of drug-likeness (QED) is 0.534. The zero-order chi connectivity index (χ0) is 21.5. The number of nitrogens with zero attached hydrogens (tertiary/aromatic N) is 4. The van der Waals surface area contributed by atoms with E-state index in [1.807, 2.05) is 54.0 Å². The number of carbonyl (C=O) groups is 1. The van der Waals surface area contributed by atoms with E-state index in [9.17, 15) is 9.90 Å². The molecule has 4 aromatic rings. The van der Waals surface area contributed by atoms with Crippen molar-refractivity contribution < 1.29 is 9.90 Å². The van der Waals surface area contributed by atoms with Gasteiger partial charge in [-0.3, -0.25) is 4.79 Å². The van der Waals surface area contributed by atoms with E-state index < -0.39 is 6.10 Å². The molecule has 7 nitrogen and oxygen atoms in total. The first kappa shape index (κ1) is 19.8. The summed E-state index contributed by atoms with van der Waals surface area (Å²) in [6, 6.07) is 9.91. The lowest BCUT2D eigenvalue weighted by Crippen LogP contribution is -2.45. The Morgan fingerprint density at radius 3 is 2.84 bits per heavy atom. The molecular formula is C24H27N5O2. The molecule has 1 aromatic carbocycles. The third-order valence-corrected chi connectivity index (χ3v) is 6.42. The molecule has 2 atom stereocenters. The number of para-hydroxylation sites is 1. The Morgan fingerprint density at radius 2 is 2.00 bits per heavy atom. The summed E-state index contributed by atoms with van der Waals surface area (Å²) in [5, 5.41) is 14.3. The number of hydrogen-bond donors (Lipinski definition) is 2. The highest BCUT2D eigenvalue weighted by atomic mass is 16.3. The maximum atomic E-state index is 13.0. The van der Waals surface area contributed by atoms with E-state index >= 15 is 0 Å². The summed E-state index contributed by atoms with van der Waals surface area (Å²) in [5.74, 6) is -0.230. The molecule has 0 aliphatic heterocycles. The Labute approximate surface area is 180 Å². The molecule has 160 valence electrons. The minimum Gasteiger partial charge on any atom is -0.391 e. The maximum Gasteiger partial charge on any atom is 0.270 e. The molecule has 1 amide bonds. The first-order chi connectivity index (χ1) is 15.0. The summed E-state index contributed by atoms with van der Waals surface area (Å²) in [6.07, 6.45) is 7.52. The molecule has 7 heteroatoms. The van der Waals surface area contributed by atoms with Crippen molar-refractivity contribution in [2.45, 2.75) is 44.2 Å². The molecule has 1 aliphatic rings. The smallest absolute Gasteiger partial charge is 0.270 e. The molecule has 1 saturated carbocycles. The third-order valence-electron chi connectivity index (χ3n) is 6.42. The zero-order valence-electron chi connectivity index (χ0n) is 17.9. The molecule has 0 spiro atoms. The van der Waals surface area contributed by atoms with E-state index in [1.165, 1.54) is 0 Å². The van der Waals surface area contributed by atoms with Crippen LogP contribution in [0.2, 0.25) is 0 Å². The largest absolute Gasteiger partial charge is 0.391 e. The fourth-order valence-corrected chi connectivity index (χ4v) is 4.65. The maximum absolute atomic E-state index is 13.0. The lowest BCUT2D eigenvalue weighted by molar-refractivity contribution is 0.0714. The fraction of sp³-hybridized carbons (Fsp3) is 0.375. The monoisotopic (exact) mass is 417 g/mol. The molecule has 5 rings (SSSR count). The van der Waals surface area contributed by atoms with Gasteiger partial charge in [-0.05, 0) is 42.2 Å². The van der Waals surface area contributed by atoms with Crippen LogP contribution in [0.5, 0.6) is 0 Å². The molecule has 0 unspecified atom stereocenters. The first-order valence-electron chi connectivity index (χ1n) is 10.8. The van der Waals surface area contributed by atoms with Crippen LogP contribution in [0, 0.1) is 0 Å². The highest BCUT2D eigenvalue weighted by Gasteiger charge is 2.26. The fourth-order valence-electron chi connectivity index (χ4n) is 4.65. The van der Waals surface area contributed by atoms with E-state index in [4.69, 9.17) is 0 Å². The average Bonchev–Trinajstić information content (AvgIpc) is 3.33. The second kappa shape index (κ2) is 7.81. The van der Waals surface area contributed by atoms with Crippen molar-refractivity contribution in [3.63, 3.8) is 0 Å². The summed E-state index contributed by atoms with van der Waals surface area (Å²) in [6.45, 7) is 0. The van der Waals surface area contributed by atoms with Crippen molar-refractivity contribution in [2.75, 3.05) is 0 Å². The van der Waals surface area contributed by atoms with Crippen molar-refractivity contribution in [3.05, 3.63) is 59.7 Å². The summed E-state index contributed by atoms with van der Waals surface area (Å²) in [7, 11) is 3.92. The number of nitrogens with one attached hydrogen (secondary N) is 1. The number of pyridine rings is 1. The third kappa shape index (κ3) is 3.59. The highest BCUT2D eigenvalue weighted by molar-refractivity contribution is 5.96. The number of rotatable bonds is 4. The van der Waals surface area contributed by atoms with Crippen molar-refractivity contribution in [3.8, 4) is 0 Å². The summed E-state index contributed by atoms with van der Waals surface area (Å²) in [5.41, 5.74) is 5.37. The van der Waals surface area contributed by atoms with E-state index in [2.05, 4.69) is 27.4 Å². The van der Waals surface area contributed by atoms with E-state index in [0.29, 0.717) is 12.1 Å². The SMILES string of the molecule is Cn1cnc2c(Cc3cc(C(=O)N[C@H]4CCCC[C@@H]4O)nc4c3ccn4C)cccc21. The van der Waals surface area contributed by atoms with Gasteiger partial charge in [0.05, 0.1) is 29.5 Å². The molecule has 2 N–H and O–H groups in total. The van der Waals surface area contributed by atoms with Crippen LogP contribution in [-0.2, 0) is 20.5 Å². The number of aryl methyl sites for hydroxylation is 2. The summed E-state index contributed by atoms with van der Waals surface area (Å²) < 4.78 is 3.95. The van der Waals surface area contributed by atoms with Crippen LogP contribution >= 0.6 is 0 Å². The number of aromatic nitrogens is 4. The van der Waals surface area contributed by atoms with Crippen LogP contribution in [0.25, 0.3) is 22.1 Å². The molecule has 31 heavy (non-hydrogen) atoms. The highest BCUT2D eigenvalue weighted by Crippen LogP contribution is 2.26. The number of benzene rings is 1. The number of amides is 1. The Kier molecular flexibility index (Phi) is 4.98. The van der Waals surface area contributed by atoms with Gasteiger partial charge >= 0.3 is 0 Å². The van der Waals surface area contributed by atoms with Crippen LogP contribution < -0.4 is 5.32 Å². The van der Waals surface area contributed by atoms with Crippen LogP contribution in [-0.4, -0.2) is 42.3 Å². The number of aliphatic hydroxyl groups is 1.